The highest BCUT2D eigenvalue weighted by atomic mass is 16.8. The summed E-state index contributed by atoms with van der Waals surface area (Å²) in [7, 11) is 2.66. The molecule has 0 spiro atoms. The van der Waals surface area contributed by atoms with Crippen molar-refractivity contribution < 1.29 is 80.7 Å². The lowest BCUT2D eigenvalue weighted by Gasteiger charge is -2.41. The average molecular weight is 697 g/mol. The van der Waals surface area contributed by atoms with Gasteiger partial charge in [0, 0.05) is 19.6 Å². The molecule has 0 aromatic heterocycles. The van der Waals surface area contributed by atoms with Gasteiger partial charge in [0.05, 0.1) is 26.4 Å². The van der Waals surface area contributed by atoms with Crippen LogP contribution in [0.15, 0.2) is 30.3 Å². The molecule has 6 fully saturated rings. The first-order valence-electron chi connectivity index (χ1n) is 16.0. The van der Waals surface area contributed by atoms with Crippen LogP contribution in [-0.2, 0) is 75.9 Å². The average Bonchev–Trinajstić information content (AvgIpc) is 3.82. The van der Waals surface area contributed by atoms with E-state index in [-0.39, 0.29) is 13.2 Å². The van der Waals surface area contributed by atoms with Crippen LogP contribution in [0.5, 0.6) is 0 Å². The van der Waals surface area contributed by atoms with Gasteiger partial charge in [-0.05, 0) is 20.8 Å². The van der Waals surface area contributed by atoms with Gasteiger partial charge in [-0.1, -0.05) is 30.3 Å². The highest BCUT2D eigenvalue weighted by Gasteiger charge is 2.65. The first kappa shape index (κ1) is 34.5. The van der Waals surface area contributed by atoms with Crippen LogP contribution >= 0.6 is 0 Å². The lowest BCUT2D eigenvalue weighted by Crippen LogP contribution is -2.61. The molecule has 1 aromatic rings. The van der Waals surface area contributed by atoms with Crippen molar-refractivity contribution in [2.45, 2.75) is 119 Å². The third-order valence-corrected chi connectivity index (χ3v) is 9.22. The third kappa shape index (κ3) is 6.41. The van der Waals surface area contributed by atoms with Gasteiger partial charge >= 0.3 is 18.1 Å². The molecule has 0 amide bonds. The number of hydrogen-bond donors (Lipinski definition) is 0. The van der Waals surface area contributed by atoms with Crippen molar-refractivity contribution in [2.75, 3.05) is 27.4 Å². The van der Waals surface area contributed by atoms with E-state index in [4.69, 9.17) is 66.3 Å². The normalized spacial score (nSPS) is 43.6. The molecule has 6 saturated heterocycles. The van der Waals surface area contributed by atoms with Gasteiger partial charge in [-0.2, -0.15) is 0 Å². The highest BCUT2D eigenvalue weighted by Crippen LogP contribution is 2.48. The maximum atomic E-state index is 12.6. The molecule has 49 heavy (non-hydrogen) atoms. The fourth-order valence-electron chi connectivity index (χ4n) is 7.07. The molecule has 14 atom stereocenters. The molecule has 17 heteroatoms. The number of carbonyl (C=O) groups is 3. The Balaban J connectivity index is 1.12. The Hall–Kier alpha value is -2.97. The first-order chi connectivity index (χ1) is 23.4. The first-order valence-corrected chi connectivity index (χ1v) is 16.0. The summed E-state index contributed by atoms with van der Waals surface area (Å²) in [6, 6.07) is 9.30. The van der Waals surface area contributed by atoms with Crippen LogP contribution in [0.1, 0.15) is 39.5 Å². The minimum Gasteiger partial charge on any atom is -0.467 e. The molecule has 7 rings (SSSR count). The molecule has 0 saturated carbocycles. The summed E-state index contributed by atoms with van der Waals surface area (Å²) in [6.07, 6.45) is -13.3. The molecule has 270 valence electrons. The van der Waals surface area contributed by atoms with E-state index in [0.717, 1.165) is 5.56 Å². The molecule has 17 nitrogen and oxygen atoms in total. The van der Waals surface area contributed by atoms with Crippen molar-refractivity contribution in [3.8, 4) is 0 Å². The van der Waals surface area contributed by atoms with Gasteiger partial charge in [-0.25, -0.2) is 9.59 Å². The fourth-order valence-corrected chi connectivity index (χ4v) is 7.07. The number of carbonyl (C=O) groups excluding carboxylic acids is 3. The van der Waals surface area contributed by atoms with E-state index in [9.17, 15) is 14.4 Å². The van der Waals surface area contributed by atoms with Gasteiger partial charge in [-0.3, -0.25) is 4.79 Å². The number of methoxy groups -OCH3 is 2. The number of rotatable bonds is 9. The summed E-state index contributed by atoms with van der Waals surface area (Å²) < 4.78 is 82.9. The number of hydrogen-bond acceptors (Lipinski definition) is 17. The molecule has 0 N–H and O–H groups in total. The van der Waals surface area contributed by atoms with Crippen LogP contribution in [0.25, 0.3) is 0 Å². The second-order valence-electron chi connectivity index (χ2n) is 13.0. The van der Waals surface area contributed by atoms with Crippen LogP contribution in [-0.4, -0.2) is 131 Å². The summed E-state index contributed by atoms with van der Waals surface area (Å²) >= 11 is 0. The van der Waals surface area contributed by atoms with Crippen molar-refractivity contribution in [1.82, 2.24) is 0 Å². The molecular weight excluding hydrogens is 656 g/mol. The minimum atomic E-state index is -1.25. The number of ether oxygens (including phenoxy) is 14. The summed E-state index contributed by atoms with van der Waals surface area (Å²) in [5.74, 6) is -2.29. The highest BCUT2D eigenvalue weighted by molar-refractivity contribution is 5.75. The van der Waals surface area contributed by atoms with Crippen LogP contribution in [0.2, 0.25) is 0 Å². The standard InChI is InChI=1S/C32H40O17/c1-14-17(41-15(2)33)18-22(45-30(35)44-18)28(40-14)38-12-32-13-39-29(24(32)46-26(49-32)16-10-8-7-9-11-16)43-23-20-19(47-31(3,4)48-20)21(25(34)36-5)42-27(23)37-6/h7-11,14,17-24,26-29H,12-13H2,1-6H3/t14-,17-,18+,19+,20-,21-,22+,23+,24-,26-,27-,28-,29-,32-/m0/s1. The lowest BCUT2D eigenvalue weighted by molar-refractivity contribution is -0.314. The van der Waals surface area contributed by atoms with Crippen molar-refractivity contribution >= 4 is 18.1 Å². The van der Waals surface area contributed by atoms with Crippen molar-refractivity contribution in [3.05, 3.63) is 35.9 Å². The van der Waals surface area contributed by atoms with Crippen molar-refractivity contribution in [2.24, 2.45) is 0 Å². The Kier molecular flexibility index (Phi) is 9.36. The van der Waals surface area contributed by atoms with E-state index in [1.165, 1.54) is 21.1 Å². The van der Waals surface area contributed by atoms with E-state index in [1.54, 1.807) is 20.8 Å². The smallest absolute Gasteiger partial charge is 0.467 e. The summed E-state index contributed by atoms with van der Waals surface area (Å²) in [4.78, 5) is 36.6. The molecule has 6 heterocycles. The predicted octanol–water partition coefficient (Wildman–Crippen LogP) is 1.24. The van der Waals surface area contributed by atoms with E-state index in [0.29, 0.717) is 0 Å². The second-order valence-corrected chi connectivity index (χ2v) is 13.0. The summed E-state index contributed by atoms with van der Waals surface area (Å²) in [6.45, 7) is 6.15. The van der Waals surface area contributed by atoms with Crippen molar-refractivity contribution in [3.63, 3.8) is 0 Å². The van der Waals surface area contributed by atoms with Gasteiger partial charge in [-0.15, -0.1) is 0 Å². The van der Waals surface area contributed by atoms with Gasteiger partial charge < -0.3 is 66.3 Å². The second kappa shape index (κ2) is 13.3. The molecule has 1 aromatic carbocycles. The van der Waals surface area contributed by atoms with Gasteiger partial charge in [0.2, 0.25) is 0 Å². The number of fused-ring (bicyclic) bond motifs is 3. The zero-order valence-corrected chi connectivity index (χ0v) is 27.7. The molecule has 0 radical (unpaired) electrons. The molecule has 0 bridgehead atoms. The zero-order chi connectivity index (χ0) is 34.7. The van der Waals surface area contributed by atoms with E-state index >= 15 is 0 Å². The topological polar surface area (TPSA) is 180 Å². The monoisotopic (exact) mass is 696 g/mol. The maximum absolute atomic E-state index is 12.6. The molecular formula is C32H40O17. The Morgan fingerprint density at radius 1 is 0.878 bits per heavy atom. The van der Waals surface area contributed by atoms with Crippen LogP contribution in [0, 0.1) is 0 Å². The van der Waals surface area contributed by atoms with Gasteiger partial charge in [0.25, 0.3) is 0 Å². The lowest BCUT2D eigenvalue weighted by atomic mass is 9.97. The molecule has 6 aliphatic rings. The third-order valence-electron chi connectivity index (χ3n) is 9.22. The van der Waals surface area contributed by atoms with E-state index in [1.807, 2.05) is 30.3 Å². The van der Waals surface area contributed by atoms with Crippen LogP contribution < -0.4 is 0 Å². The number of benzene rings is 1. The summed E-state index contributed by atoms with van der Waals surface area (Å²) in [5.41, 5.74) is -0.507. The van der Waals surface area contributed by atoms with Crippen molar-refractivity contribution in [1.29, 1.82) is 0 Å². The Morgan fingerprint density at radius 3 is 2.33 bits per heavy atom. The molecule has 0 unspecified atom stereocenters. The molecule has 0 aliphatic carbocycles. The SMILES string of the molecule is COC(=O)[C@H]1O[C@H](OC)[C@H](O[C@@H]2OC[C@]3(CO[C@H]4O[C@@H](C)[C@H](OC(C)=O)[C@H]5OC(=O)O[C@@H]45)O[C@@H](c4ccccc4)O[C@@H]23)[C@H]2OC(C)(C)O[C@H]21. The maximum Gasteiger partial charge on any atom is 0.509 e. The van der Waals surface area contributed by atoms with Crippen LogP contribution in [0.4, 0.5) is 4.79 Å². The Bertz CT molecular complexity index is 1390. The van der Waals surface area contributed by atoms with E-state index in [2.05, 4.69) is 0 Å². The minimum absolute atomic E-state index is 0.0403. The van der Waals surface area contributed by atoms with Gasteiger partial charge in [0.1, 0.15) is 30.0 Å². The molecule has 6 aliphatic heterocycles. The quantitative estimate of drug-likeness (QED) is 0.266. The van der Waals surface area contributed by atoms with E-state index < -0.39 is 110 Å². The van der Waals surface area contributed by atoms with Crippen LogP contribution in [0.3, 0.4) is 0 Å². The summed E-state index contributed by atoms with van der Waals surface area (Å²) in [5, 5.41) is 0. The number of esters is 2. The zero-order valence-electron chi connectivity index (χ0n) is 27.7. The predicted molar refractivity (Wildman–Crippen MR) is 155 cm³/mol. The van der Waals surface area contributed by atoms with Gasteiger partial charge in [0.15, 0.2) is 55.4 Å². The fraction of sp³-hybridized carbons (Fsp3) is 0.719. The Labute approximate surface area is 281 Å². The largest absolute Gasteiger partial charge is 0.509 e. The Morgan fingerprint density at radius 2 is 1.61 bits per heavy atom.